The maximum Gasteiger partial charge on any atom is 1.00 e. The number of aliphatic carboxylic acids is 4. The minimum absolute atomic E-state index is 0. The van der Waals surface area contributed by atoms with Crippen molar-refractivity contribution in [2.24, 2.45) is 0 Å². The SMILES string of the molecule is O=C([O-])CN(CC(=O)[O-])Cc1cccc(-c2cccc(-c3cccc(CN(CC(=O)[O-])CC(=O)[O-])n3)n2)n1.[Na+]. The molecule has 0 aliphatic heterocycles. The largest absolute Gasteiger partial charge is 1.00 e. The summed E-state index contributed by atoms with van der Waals surface area (Å²) in [4.78, 5) is 59.6. The van der Waals surface area contributed by atoms with E-state index in [9.17, 15) is 39.6 Å². The van der Waals surface area contributed by atoms with E-state index in [1.165, 1.54) is 0 Å². The molecule has 3 rings (SSSR count). The van der Waals surface area contributed by atoms with Crippen molar-refractivity contribution in [3.63, 3.8) is 0 Å². The van der Waals surface area contributed by atoms with E-state index in [4.69, 9.17) is 0 Å². The number of hydrogen-bond acceptors (Lipinski definition) is 13. The third-order valence-electron chi connectivity index (χ3n) is 5.07. The first kappa shape index (κ1) is 31.5. The molecular weight excluding hydrogens is 521 g/mol. The van der Waals surface area contributed by atoms with Gasteiger partial charge in [-0.15, -0.1) is 0 Å². The van der Waals surface area contributed by atoms with E-state index < -0.39 is 50.1 Å². The van der Waals surface area contributed by atoms with Crippen molar-refractivity contribution in [2.45, 2.75) is 13.1 Å². The van der Waals surface area contributed by atoms with Crippen LogP contribution in [-0.2, 0) is 32.3 Å². The Labute approximate surface area is 245 Å². The molecular formula is C25H21N5NaO8-3. The van der Waals surface area contributed by atoms with Gasteiger partial charge in [-0.25, -0.2) is 15.0 Å². The van der Waals surface area contributed by atoms with Gasteiger partial charge in [-0.2, -0.15) is 0 Å². The van der Waals surface area contributed by atoms with E-state index in [1.54, 1.807) is 54.6 Å². The summed E-state index contributed by atoms with van der Waals surface area (Å²) in [5.41, 5.74) is 2.60. The van der Waals surface area contributed by atoms with Gasteiger partial charge in [-0.3, -0.25) is 9.80 Å². The Morgan fingerprint density at radius 3 is 1.10 bits per heavy atom. The molecule has 0 unspecified atom stereocenters. The van der Waals surface area contributed by atoms with Crippen molar-refractivity contribution in [3.8, 4) is 22.8 Å². The standard InChI is InChI=1S/C25H25N5O8.Na/c31-22(32)12-29(13-23(33)34)10-16-4-1-6-18(26-16)20-8-3-9-21(28-20)19-7-2-5-17(27-19)11-30(14-24(35)36)15-25(37)38;/h1-9H,10-15H2,(H,31,32)(H,33,34)(H,35,36)(H,37,38);/q;+1/p-4. The molecule has 0 aromatic carbocycles. The first-order chi connectivity index (χ1) is 18.1. The zero-order valence-electron chi connectivity index (χ0n) is 20.9. The molecule has 0 atom stereocenters. The van der Waals surface area contributed by atoms with Crippen LogP contribution >= 0.6 is 0 Å². The number of carboxylic acids is 4. The van der Waals surface area contributed by atoms with Crippen LogP contribution in [-0.4, -0.2) is 74.8 Å². The predicted molar refractivity (Wildman–Crippen MR) is 121 cm³/mol. The van der Waals surface area contributed by atoms with Gasteiger partial charge in [0.1, 0.15) is 0 Å². The molecule has 0 aliphatic rings. The monoisotopic (exact) mass is 542 g/mol. The molecule has 3 heterocycles. The average molecular weight is 542 g/mol. The number of carboxylic acid groups (broad SMARTS) is 4. The van der Waals surface area contributed by atoms with Gasteiger partial charge in [0.05, 0.1) is 58.0 Å². The van der Waals surface area contributed by atoms with E-state index in [-0.39, 0.29) is 42.6 Å². The van der Waals surface area contributed by atoms with Gasteiger partial charge in [0.15, 0.2) is 0 Å². The molecule has 3 aromatic rings. The summed E-state index contributed by atoms with van der Waals surface area (Å²) >= 11 is 0. The van der Waals surface area contributed by atoms with Crippen molar-refractivity contribution in [1.82, 2.24) is 24.8 Å². The molecule has 0 bridgehead atoms. The Morgan fingerprint density at radius 2 is 0.795 bits per heavy atom. The van der Waals surface area contributed by atoms with Crippen LogP contribution in [0.3, 0.4) is 0 Å². The minimum atomic E-state index is -1.44. The molecule has 0 aliphatic carbocycles. The van der Waals surface area contributed by atoms with Gasteiger partial charge in [0.2, 0.25) is 0 Å². The second kappa shape index (κ2) is 15.0. The van der Waals surface area contributed by atoms with Gasteiger partial charge < -0.3 is 39.6 Å². The summed E-state index contributed by atoms with van der Waals surface area (Å²) < 4.78 is 0. The van der Waals surface area contributed by atoms with Crippen LogP contribution in [0.5, 0.6) is 0 Å². The Morgan fingerprint density at radius 1 is 0.513 bits per heavy atom. The fourth-order valence-electron chi connectivity index (χ4n) is 3.66. The molecule has 198 valence electrons. The predicted octanol–water partition coefficient (Wildman–Crippen LogP) is -7.19. The number of hydrogen-bond donors (Lipinski definition) is 0. The van der Waals surface area contributed by atoms with E-state index in [0.29, 0.717) is 34.2 Å². The normalized spacial score (nSPS) is 10.7. The zero-order valence-corrected chi connectivity index (χ0v) is 22.9. The third-order valence-corrected chi connectivity index (χ3v) is 5.07. The van der Waals surface area contributed by atoms with E-state index in [1.807, 2.05) is 0 Å². The molecule has 3 aromatic heterocycles. The van der Waals surface area contributed by atoms with Crippen molar-refractivity contribution >= 4 is 23.9 Å². The van der Waals surface area contributed by atoms with Crippen LogP contribution in [0.2, 0.25) is 0 Å². The van der Waals surface area contributed by atoms with Crippen LogP contribution in [0.1, 0.15) is 11.4 Å². The van der Waals surface area contributed by atoms with Crippen LogP contribution in [0.4, 0.5) is 0 Å². The summed E-state index contributed by atoms with van der Waals surface area (Å²) in [5, 5.41) is 43.8. The molecule has 0 fully saturated rings. The molecule has 13 nitrogen and oxygen atoms in total. The van der Waals surface area contributed by atoms with Crippen molar-refractivity contribution in [1.29, 1.82) is 0 Å². The summed E-state index contributed by atoms with van der Waals surface area (Å²) in [5.74, 6) is -5.74. The molecule has 0 spiro atoms. The van der Waals surface area contributed by atoms with Gasteiger partial charge in [-0.05, 0) is 36.4 Å². The molecule has 0 radical (unpaired) electrons. The summed E-state index contributed by atoms with van der Waals surface area (Å²) in [6, 6.07) is 15.0. The quantitative estimate of drug-likeness (QED) is 0.174. The summed E-state index contributed by atoms with van der Waals surface area (Å²) in [6.07, 6.45) is 0. The molecule has 39 heavy (non-hydrogen) atoms. The number of nitrogens with zero attached hydrogens (tertiary/aromatic N) is 5. The summed E-state index contributed by atoms with van der Waals surface area (Å²) in [7, 11) is 0. The van der Waals surface area contributed by atoms with Crippen LogP contribution in [0.15, 0.2) is 54.6 Å². The Balaban J connectivity index is 0.00000533. The zero-order chi connectivity index (χ0) is 27.7. The third kappa shape index (κ3) is 10.5. The maximum absolute atomic E-state index is 11.0. The Hall–Kier alpha value is -3.75. The van der Waals surface area contributed by atoms with Crippen LogP contribution in [0, 0.1) is 0 Å². The number of rotatable bonds is 14. The fourth-order valence-corrected chi connectivity index (χ4v) is 3.66. The van der Waals surface area contributed by atoms with Crippen molar-refractivity contribution in [2.75, 3.05) is 26.2 Å². The average Bonchev–Trinajstić information content (AvgIpc) is 2.83. The first-order valence-electron chi connectivity index (χ1n) is 11.2. The number of carbonyl (C=O) groups excluding carboxylic acids is 4. The topological polar surface area (TPSA) is 206 Å². The van der Waals surface area contributed by atoms with E-state index in [0.717, 1.165) is 9.80 Å². The molecule has 0 saturated heterocycles. The number of carbonyl (C=O) groups is 4. The first-order valence-corrected chi connectivity index (χ1v) is 11.2. The molecule has 14 heteroatoms. The second-order valence-electron chi connectivity index (χ2n) is 8.21. The fraction of sp³-hybridized carbons (Fsp3) is 0.240. The second-order valence-corrected chi connectivity index (χ2v) is 8.21. The van der Waals surface area contributed by atoms with E-state index >= 15 is 0 Å². The van der Waals surface area contributed by atoms with Crippen molar-refractivity contribution in [3.05, 3.63) is 66.0 Å². The maximum atomic E-state index is 11.0. The van der Waals surface area contributed by atoms with Gasteiger partial charge in [0, 0.05) is 39.3 Å². The Bertz CT molecular complexity index is 1210. The van der Waals surface area contributed by atoms with Gasteiger partial charge >= 0.3 is 29.6 Å². The number of aromatic nitrogens is 3. The summed E-state index contributed by atoms with van der Waals surface area (Å²) in [6.45, 7) is -2.60. The van der Waals surface area contributed by atoms with Crippen LogP contribution in [0.25, 0.3) is 22.8 Å². The van der Waals surface area contributed by atoms with E-state index in [2.05, 4.69) is 15.0 Å². The molecule has 0 N–H and O–H groups in total. The van der Waals surface area contributed by atoms with Gasteiger partial charge in [-0.1, -0.05) is 18.2 Å². The van der Waals surface area contributed by atoms with Crippen LogP contribution < -0.4 is 50.0 Å². The van der Waals surface area contributed by atoms with Gasteiger partial charge in [0.25, 0.3) is 0 Å². The minimum Gasteiger partial charge on any atom is -0.549 e. The smallest absolute Gasteiger partial charge is 0.549 e. The van der Waals surface area contributed by atoms with Crippen molar-refractivity contribution < 1.29 is 69.2 Å². The molecule has 0 amide bonds. The Kier molecular flexibility index (Phi) is 12.1. The molecule has 0 saturated carbocycles. The number of pyridine rings is 3.